The Bertz CT molecular complexity index is 755. The van der Waals surface area contributed by atoms with E-state index < -0.39 is 4.92 Å². The molecule has 25 heavy (non-hydrogen) atoms. The quantitative estimate of drug-likeness (QED) is 0.546. The number of amides is 1. The normalized spacial score (nSPS) is 15.3. The Morgan fingerprint density at radius 3 is 2.60 bits per heavy atom. The van der Waals surface area contributed by atoms with Gasteiger partial charge < -0.3 is 15.0 Å². The van der Waals surface area contributed by atoms with Gasteiger partial charge in [-0.25, -0.2) is 0 Å². The summed E-state index contributed by atoms with van der Waals surface area (Å²) < 4.78 is 2.25. The minimum Gasteiger partial charge on any atom is -0.358 e. The molecule has 0 spiro atoms. The lowest BCUT2D eigenvalue weighted by Gasteiger charge is -2.34. The Balaban J connectivity index is 1.48. The summed E-state index contributed by atoms with van der Waals surface area (Å²) in [6, 6.07) is 5.23. The van der Waals surface area contributed by atoms with E-state index in [-0.39, 0.29) is 18.3 Å². The molecule has 1 aliphatic heterocycles. The van der Waals surface area contributed by atoms with Crippen molar-refractivity contribution in [3.05, 3.63) is 50.9 Å². The number of hydrogen-bond acceptors (Lipinski definition) is 6. The lowest BCUT2D eigenvalue weighted by molar-refractivity contribution is -0.389. The van der Waals surface area contributed by atoms with Gasteiger partial charge in [0, 0.05) is 43.4 Å². The van der Waals surface area contributed by atoms with Crippen molar-refractivity contribution in [2.45, 2.75) is 13.1 Å². The van der Waals surface area contributed by atoms with E-state index in [2.05, 4.69) is 30.9 Å². The molecule has 0 saturated carbocycles. The van der Waals surface area contributed by atoms with E-state index in [9.17, 15) is 14.9 Å². The van der Waals surface area contributed by atoms with Gasteiger partial charge in [-0.2, -0.15) is 4.68 Å². The van der Waals surface area contributed by atoms with E-state index in [0.717, 1.165) is 29.8 Å². The highest BCUT2D eigenvalue weighted by Crippen LogP contribution is 2.11. The minimum atomic E-state index is -0.574. The Morgan fingerprint density at radius 1 is 1.24 bits per heavy atom. The summed E-state index contributed by atoms with van der Waals surface area (Å²) in [5.41, 5.74) is 0.992. The van der Waals surface area contributed by atoms with Gasteiger partial charge in [0.15, 0.2) is 0 Å². The van der Waals surface area contributed by atoms with Crippen molar-refractivity contribution in [1.82, 2.24) is 24.6 Å². The molecule has 0 bridgehead atoms. The van der Waals surface area contributed by atoms with Crippen LogP contribution < -0.4 is 0 Å². The van der Waals surface area contributed by atoms with Crippen molar-refractivity contribution < 1.29 is 9.72 Å². The summed E-state index contributed by atoms with van der Waals surface area (Å²) in [4.78, 5) is 30.7. The molecule has 0 radical (unpaired) electrons. The summed E-state index contributed by atoms with van der Waals surface area (Å²) in [7, 11) is 0. The molecule has 2 aromatic rings. The number of carbonyl (C=O) groups is 1. The second-order valence-electron chi connectivity index (χ2n) is 5.75. The van der Waals surface area contributed by atoms with E-state index in [1.165, 1.54) is 16.9 Å². The summed E-state index contributed by atoms with van der Waals surface area (Å²) in [5, 5.41) is 14.4. The zero-order valence-corrected chi connectivity index (χ0v) is 15.0. The summed E-state index contributed by atoms with van der Waals surface area (Å²) in [6.45, 7) is 3.55. The van der Waals surface area contributed by atoms with Crippen LogP contribution in [-0.4, -0.2) is 61.6 Å². The Hall–Kier alpha value is -2.33. The van der Waals surface area contributed by atoms with E-state index in [4.69, 9.17) is 0 Å². The molecule has 0 unspecified atom stereocenters. The van der Waals surface area contributed by atoms with Gasteiger partial charge in [-0.3, -0.25) is 14.7 Å². The van der Waals surface area contributed by atoms with E-state index in [0.29, 0.717) is 13.1 Å². The standard InChI is InChI=1S/C15H17BrN6O3/c16-12-1-2-13(17-9-12)10-19-5-7-20(8-6-19)15(23)11-21-4-3-14(18-21)22(24)25/h1-4,9H,5-8,10-11H2. The molecule has 10 heteroatoms. The number of pyridine rings is 1. The highest BCUT2D eigenvalue weighted by Gasteiger charge is 2.23. The number of halogens is 1. The lowest BCUT2D eigenvalue weighted by Crippen LogP contribution is -2.49. The number of hydrogen-bond donors (Lipinski definition) is 0. The first-order valence-corrected chi connectivity index (χ1v) is 8.59. The number of nitro groups is 1. The van der Waals surface area contributed by atoms with Crippen LogP contribution in [0.2, 0.25) is 0 Å². The van der Waals surface area contributed by atoms with Crippen LogP contribution in [0.5, 0.6) is 0 Å². The fraction of sp³-hybridized carbons (Fsp3) is 0.400. The zero-order valence-electron chi connectivity index (χ0n) is 13.4. The molecule has 0 aliphatic carbocycles. The van der Waals surface area contributed by atoms with Gasteiger partial charge >= 0.3 is 5.82 Å². The highest BCUT2D eigenvalue weighted by molar-refractivity contribution is 9.10. The molecule has 9 nitrogen and oxygen atoms in total. The zero-order chi connectivity index (χ0) is 17.8. The second-order valence-corrected chi connectivity index (χ2v) is 6.67. The second kappa shape index (κ2) is 7.70. The SMILES string of the molecule is O=C(Cn1ccc([N+](=O)[O-])n1)N1CCN(Cc2ccc(Br)cn2)CC1. The minimum absolute atomic E-state index is 0.0160. The molecule has 1 saturated heterocycles. The molecular weight excluding hydrogens is 392 g/mol. The Morgan fingerprint density at radius 2 is 2.00 bits per heavy atom. The molecule has 132 valence electrons. The van der Waals surface area contributed by atoms with Gasteiger partial charge in [0.25, 0.3) is 0 Å². The predicted molar refractivity (Wildman–Crippen MR) is 92.7 cm³/mol. The third-order valence-corrected chi connectivity index (χ3v) is 4.48. The van der Waals surface area contributed by atoms with Gasteiger partial charge in [0.2, 0.25) is 5.91 Å². The van der Waals surface area contributed by atoms with Crippen molar-refractivity contribution in [2.75, 3.05) is 26.2 Å². The molecular formula is C15H17BrN6O3. The molecule has 0 aromatic carbocycles. The van der Waals surface area contributed by atoms with Crippen molar-refractivity contribution in [1.29, 1.82) is 0 Å². The van der Waals surface area contributed by atoms with E-state index in [1.807, 2.05) is 12.1 Å². The molecule has 2 aromatic heterocycles. The third kappa shape index (κ3) is 4.60. The topological polar surface area (TPSA) is 97.4 Å². The largest absolute Gasteiger partial charge is 0.389 e. The fourth-order valence-electron chi connectivity index (χ4n) is 2.66. The average Bonchev–Trinajstić information content (AvgIpc) is 3.06. The predicted octanol–water partition coefficient (Wildman–Crippen LogP) is 1.29. The molecule has 1 aliphatic rings. The van der Waals surface area contributed by atoms with Crippen LogP contribution >= 0.6 is 15.9 Å². The number of rotatable bonds is 5. The Kier molecular flexibility index (Phi) is 5.39. The molecule has 3 rings (SSSR count). The van der Waals surface area contributed by atoms with E-state index >= 15 is 0 Å². The van der Waals surface area contributed by atoms with Crippen LogP contribution in [0.3, 0.4) is 0 Å². The molecule has 1 fully saturated rings. The summed E-state index contributed by atoms with van der Waals surface area (Å²) >= 11 is 3.37. The maximum absolute atomic E-state index is 12.3. The molecule has 3 heterocycles. The first kappa shape index (κ1) is 17.5. The number of nitrogens with zero attached hydrogens (tertiary/aromatic N) is 6. The molecule has 0 N–H and O–H groups in total. The third-order valence-electron chi connectivity index (χ3n) is 4.01. The first-order chi connectivity index (χ1) is 12.0. The average molecular weight is 409 g/mol. The molecule has 0 atom stereocenters. The first-order valence-electron chi connectivity index (χ1n) is 7.79. The summed E-state index contributed by atoms with van der Waals surface area (Å²) in [5.74, 6) is -0.334. The van der Waals surface area contributed by atoms with Crippen molar-refractivity contribution in [3.63, 3.8) is 0 Å². The van der Waals surface area contributed by atoms with Gasteiger partial charge in [-0.05, 0) is 33.0 Å². The van der Waals surface area contributed by atoms with Crippen molar-refractivity contribution in [2.24, 2.45) is 0 Å². The van der Waals surface area contributed by atoms with E-state index in [1.54, 1.807) is 11.1 Å². The monoisotopic (exact) mass is 408 g/mol. The summed E-state index contributed by atoms with van der Waals surface area (Å²) in [6.07, 6.45) is 3.23. The maximum Gasteiger partial charge on any atom is 0.389 e. The highest BCUT2D eigenvalue weighted by atomic mass is 79.9. The van der Waals surface area contributed by atoms with Crippen LogP contribution in [0, 0.1) is 10.1 Å². The van der Waals surface area contributed by atoms with Crippen LogP contribution in [0.15, 0.2) is 35.1 Å². The number of aromatic nitrogens is 3. The van der Waals surface area contributed by atoms with Gasteiger partial charge in [-0.15, -0.1) is 0 Å². The lowest BCUT2D eigenvalue weighted by atomic mass is 10.2. The van der Waals surface area contributed by atoms with Gasteiger partial charge in [0.05, 0.1) is 23.1 Å². The smallest absolute Gasteiger partial charge is 0.358 e. The van der Waals surface area contributed by atoms with Crippen LogP contribution in [0.1, 0.15) is 5.69 Å². The van der Waals surface area contributed by atoms with Crippen LogP contribution in [0.4, 0.5) is 5.82 Å². The van der Waals surface area contributed by atoms with Gasteiger partial charge in [-0.1, -0.05) is 0 Å². The van der Waals surface area contributed by atoms with Crippen molar-refractivity contribution in [3.8, 4) is 0 Å². The number of piperazine rings is 1. The van der Waals surface area contributed by atoms with Crippen LogP contribution in [0.25, 0.3) is 0 Å². The molecule has 1 amide bonds. The van der Waals surface area contributed by atoms with Crippen molar-refractivity contribution >= 4 is 27.7 Å². The van der Waals surface area contributed by atoms with Gasteiger partial charge in [0.1, 0.15) is 6.54 Å². The van der Waals surface area contributed by atoms with Crippen LogP contribution in [-0.2, 0) is 17.9 Å². The number of carbonyl (C=O) groups excluding carboxylic acids is 1. The Labute approximate surface area is 152 Å². The maximum atomic E-state index is 12.3. The fourth-order valence-corrected chi connectivity index (χ4v) is 2.89.